The van der Waals surface area contributed by atoms with E-state index < -0.39 is 0 Å². The minimum atomic E-state index is 0. The maximum absolute atomic E-state index is 3.66. The minimum absolute atomic E-state index is 0. The third-order valence-electron chi connectivity index (χ3n) is 4.97. The summed E-state index contributed by atoms with van der Waals surface area (Å²) in [6, 6.07) is 19.8. The Kier molecular flexibility index (Phi) is 4.99. The monoisotopic (exact) mass is 315 g/mol. The average Bonchev–Trinajstić information content (AvgIpc) is 2.47. The van der Waals surface area contributed by atoms with Crippen LogP contribution in [0.1, 0.15) is 37.0 Å². The molecule has 0 fully saturated rings. The number of nitrogens with one attached hydrogen (secondary N) is 1. The molecule has 0 saturated carbocycles. The first-order chi connectivity index (χ1) is 10.0. The SMILES string of the molecule is CNC1(Cc2ccccc2)Cc2ccccc2C(C)(C)C1.Cl. The highest BCUT2D eigenvalue weighted by molar-refractivity contribution is 5.85. The first-order valence-electron chi connectivity index (χ1n) is 7.86. The molecule has 118 valence electrons. The molecule has 0 saturated heterocycles. The van der Waals surface area contributed by atoms with Gasteiger partial charge >= 0.3 is 0 Å². The van der Waals surface area contributed by atoms with Gasteiger partial charge in [0.25, 0.3) is 0 Å². The molecule has 0 radical (unpaired) electrons. The highest BCUT2D eigenvalue weighted by Gasteiger charge is 2.41. The van der Waals surface area contributed by atoms with Gasteiger partial charge in [-0.25, -0.2) is 0 Å². The largest absolute Gasteiger partial charge is 0.314 e. The maximum Gasteiger partial charge on any atom is 0.0267 e. The van der Waals surface area contributed by atoms with Crippen LogP contribution in [0, 0.1) is 0 Å². The summed E-state index contributed by atoms with van der Waals surface area (Å²) in [4.78, 5) is 0. The number of rotatable bonds is 3. The minimum Gasteiger partial charge on any atom is -0.314 e. The molecule has 1 nitrogen and oxygen atoms in total. The van der Waals surface area contributed by atoms with Gasteiger partial charge in [-0.1, -0.05) is 68.4 Å². The van der Waals surface area contributed by atoms with E-state index in [0.29, 0.717) is 0 Å². The zero-order valence-electron chi connectivity index (χ0n) is 13.7. The Bertz CT molecular complexity index is 621. The predicted octanol–water partition coefficient (Wildman–Crippen LogP) is 4.53. The Morgan fingerprint density at radius 2 is 1.59 bits per heavy atom. The summed E-state index contributed by atoms with van der Waals surface area (Å²) in [5.74, 6) is 0. The highest BCUT2D eigenvalue weighted by atomic mass is 35.5. The third kappa shape index (κ3) is 3.21. The molecule has 1 unspecified atom stereocenters. The molecule has 2 heteroatoms. The lowest BCUT2D eigenvalue weighted by Crippen LogP contribution is -2.53. The van der Waals surface area contributed by atoms with Crippen LogP contribution in [0.5, 0.6) is 0 Å². The van der Waals surface area contributed by atoms with E-state index in [1.54, 1.807) is 0 Å². The molecule has 0 heterocycles. The zero-order valence-corrected chi connectivity index (χ0v) is 14.5. The van der Waals surface area contributed by atoms with Crippen molar-refractivity contribution in [3.63, 3.8) is 0 Å². The number of likely N-dealkylation sites (N-methyl/N-ethyl adjacent to an activating group) is 1. The van der Waals surface area contributed by atoms with Gasteiger partial charge in [-0.05, 0) is 48.4 Å². The molecule has 1 aliphatic carbocycles. The van der Waals surface area contributed by atoms with Crippen molar-refractivity contribution in [2.45, 2.75) is 44.1 Å². The molecule has 2 aromatic rings. The van der Waals surface area contributed by atoms with Gasteiger partial charge in [0.2, 0.25) is 0 Å². The number of hydrogen-bond acceptors (Lipinski definition) is 1. The van der Waals surface area contributed by atoms with Crippen molar-refractivity contribution < 1.29 is 0 Å². The molecule has 0 aromatic heterocycles. The smallest absolute Gasteiger partial charge is 0.0267 e. The van der Waals surface area contributed by atoms with Crippen LogP contribution in [0.4, 0.5) is 0 Å². The van der Waals surface area contributed by atoms with Crippen LogP contribution < -0.4 is 5.32 Å². The van der Waals surface area contributed by atoms with Gasteiger partial charge in [-0.2, -0.15) is 0 Å². The molecular formula is C20H26ClN. The van der Waals surface area contributed by atoms with Gasteiger partial charge in [0.15, 0.2) is 0 Å². The van der Waals surface area contributed by atoms with Gasteiger partial charge in [0, 0.05) is 5.54 Å². The van der Waals surface area contributed by atoms with E-state index in [-0.39, 0.29) is 23.4 Å². The number of fused-ring (bicyclic) bond motifs is 1. The average molecular weight is 316 g/mol. The van der Waals surface area contributed by atoms with Crippen LogP contribution in [0.15, 0.2) is 54.6 Å². The van der Waals surface area contributed by atoms with Crippen molar-refractivity contribution in [3.05, 3.63) is 71.3 Å². The van der Waals surface area contributed by atoms with E-state index in [4.69, 9.17) is 0 Å². The molecule has 2 aromatic carbocycles. The van der Waals surface area contributed by atoms with Gasteiger partial charge in [0.05, 0.1) is 0 Å². The maximum atomic E-state index is 3.66. The predicted molar refractivity (Wildman–Crippen MR) is 97.0 cm³/mol. The zero-order chi connectivity index (χ0) is 14.9. The Morgan fingerprint density at radius 1 is 0.955 bits per heavy atom. The van der Waals surface area contributed by atoms with E-state index in [1.165, 1.54) is 23.1 Å². The quantitative estimate of drug-likeness (QED) is 0.877. The van der Waals surface area contributed by atoms with Crippen molar-refractivity contribution in [2.75, 3.05) is 7.05 Å². The Balaban J connectivity index is 0.00000176. The second kappa shape index (κ2) is 6.44. The van der Waals surface area contributed by atoms with Crippen molar-refractivity contribution in [2.24, 2.45) is 0 Å². The normalized spacial score (nSPS) is 22.5. The molecule has 1 aliphatic rings. The van der Waals surface area contributed by atoms with Gasteiger partial charge in [-0.3, -0.25) is 0 Å². The number of hydrogen-bond donors (Lipinski definition) is 1. The second-order valence-electron chi connectivity index (χ2n) is 7.09. The number of benzene rings is 2. The van der Waals surface area contributed by atoms with Crippen molar-refractivity contribution in [3.8, 4) is 0 Å². The summed E-state index contributed by atoms with van der Waals surface area (Å²) in [6.45, 7) is 4.75. The summed E-state index contributed by atoms with van der Waals surface area (Å²) in [7, 11) is 2.12. The summed E-state index contributed by atoms with van der Waals surface area (Å²) >= 11 is 0. The Hall–Kier alpha value is -1.31. The van der Waals surface area contributed by atoms with Crippen molar-refractivity contribution >= 4 is 12.4 Å². The van der Waals surface area contributed by atoms with E-state index in [9.17, 15) is 0 Å². The van der Waals surface area contributed by atoms with Gasteiger partial charge in [-0.15, -0.1) is 12.4 Å². The topological polar surface area (TPSA) is 12.0 Å². The van der Waals surface area contributed by atoms with Crippen LogP contribution in [-0.4, -0.2) is 12.6 Å². The fourth-order valence-electron chi connectivity index (χ4n) is 4.08. The van der Waals surface area contributed by atoms with Crippen LogP contribution in [0.2, 0.25) is 0 Å². The van der Waals surface area contributed by atoms with Crippen molar-refractivity contribution in [1.82, 2.24) is 5.32 Å². The highest BCUT2D eigenvalue weighted by Crippen LogP contribution is 2.42. The molecule has 1 N–H and O–H groups in total. The third-order valence-corrected chi connectivity index (χ3v) is 4.97. The van der Waals surface area contributed by atoms with Crippen LogP contribution in [-0.2, 0) is 18.3 Å². The molecule has 1 atom stereocenters. The van der Waals surface area contributed by atoms with E-state index in [2.05, 4.69) is 80.8 Å². The standard InChI is InChI=1S/C20H25N.ClH/c1-19(2)15-20(21-3,13-16-9-5-4-6-10-16)14-17-11-7-8-12-18(17)19;/h4-12,21H,13-15H2,1-3H3;1H. The fourth-order valence-corrected chi connectivity index (χ4v) is 4.08. The van der Waals surface area contributed by atoms with Gasteiger partial charge < -0.3 is 5.32 Å². The van der Waals surface area contributed by atoms with Crippen LogP contribution >= 0.6 is 12.4 Å². The Labute approximate surface area is 140 Å². The molecule has 0 bridgehead atoms. The molecule has 22 heavy (non-hydrogen) atoms. The van der Waals surface area contributed by atoms with Crippen LogP contribution in [0.3, 0.4) is 0 Å². The fraction of sp³-hybridized carbons (Fsp3) is 0.400. The van der Waals surface area contributed by atoms with Crippen LogP contribution in [0.25, 0.3) is 0 Å². The van der Waals surface area contributed by atoms with E-state index in [0.717, 1.165) is 12.8 Å². The lowest BCUT2D eigenvalue weighted by atomic mass is 9.63. The molecular weight excluding hydrogens is 290 g/mol. The molecule has 0 spiro atoms. The Morgan fingerprint density at radius 3 is 2.27 bits per heavy atom. The first kappa shape index (κ1) is 17.1. The molecule has 3 rings (SSSR count). The lowest BCUT2D eigenvalue weighted by Gasteiger charge is -2.46. The number of halogens is 1. The molecule has 0 amide bonds. The van der Waals surface area contributed by atoms with Gasteiger partial charge in [0.1, 0.15) is 0 Å². The second-order valence-corrected chi connectivity index (χ2v) is 7.09. The summed E-state index contributed by atoms with van der Waals surface area (Å²) < 4.78 is 0. The lowest BCUT2D eigenvalue weighted by molar-refractivity contribution is 0.233. The summed E-state index contributed by atoms with van der Waals surface area (Å²) in [5.41, 5.74) is 4.80. The first-order valence-corrected chi connectivity index (χ1v) is 7.86. The van der Waals surface area contributed by atoms with E-state index >= 15 is 0 Å². The van der Waals surface area contributed by atoms with E-state index in [1.807, 2.05) is 0 Å². The summed E-state index contributed by atoms with van der Waals surface area (Å²) in [6.07, 6.45) is 3.36. The molecule has 0 aliphatic heterocycles. The summed E-state index contributed by atoms with van der Waals surface area (Å²) in [5, 5.41) is 3.66. The van der Waals surface area contributed by atoms with Crippen molar-refractivity contribution in [1.29, 1.82) is 0 Å².